The zero-order chi connectivity index (χ0) is 19.0. The van der Waals surface area contributed by atoms with Gasteiger partial charge in [0.25, 0.3) is 0 Å². The van der Waals surface area contributed by atoms with Crippen LogP contribution in [0.4, 0.5) is 11.4 Å². The zero-order valence-electron chi connectivity index (χ0n) is 14.9. The molecule has 0 aliphatic rings. The van der Waals surface area contributed by atoms with Crippen LogP contribution in [-0.4, -0.2) is 20.9 Å². The highest BCUT2D eigenvalue weighted by atomic mass is 32.2. The zero-order valence-corrected chi connectivity index (χ0v) is 15.7. The average Bonchev–Trinajstić information content (AvgIpc) is 2.61. The van der Waals surface area contributed by atoms with Crippen LogP contribution in [0, 0.1) is 0 Å². The van der Waals surface area contributed by atoms with Crippen molar-refractivity contribution in [2.45, 2.75) is 37.5 Å². The molecule has 0 radical (unpaired) electrons. The van der Waals surface area contributed by atoms with Crippen molar-refractivity contribution in [3.05, 3.63) is 54.1 Å². The van der Waals surface area contributed by atoms with Gasteiger partial charge in [0.1, 0.15) is 0 Å². The van der Waals surface area contributed by atoms with Gasteiger partial charge in [0.05, 0.1) is 4.90 Å². The Hall–Kier alpha value is -2.38. The quantitative estimate of drug-likeness (QED) is 0.627. The van der Waals surface area contributed by atoms with Gasteiger partial charge in [-0.1, -0.05) is 25.5 Å². The molecule has 0 saturated carbocycles. The molecular weight excluding hydrogens is 350 g/mol. The number of nitrogens with two attached hydrogens (primary N) is 1. The van der Waals surface area contributed by atoms with E-state index in [0.717, 1.165) is 36.2 Å². The van der Waals surface area contributed by atoms with E-state index in [0.29, 0.717) is 13.0 Å². The van der Waals surface area contributed by atoms with Crippen LogP contribution in [0.15, 0.2) is 53.4 Å². The number of anilines is 2. The van der Waals surface area contributed by atoms with Crippen molar-refractivity contribution in [2.24, 2.45) is 5.14 Å². The first-order chi connectivity index (χ1) is 12.4. The van der Waals surface area contributed by atoms with Crippen LogP contribution < -0.4 is 15.8 Å². The first-order valence-corrected chi connectivity index (χ1v) is 10.2. The molecule has 0 aliphatic carbocycles. The highest BCUT2D eigenvalue weighted by molar-refractivity contribution is 7.89. The minimum atomic E-state index is -3.65. The molecule has 0 aromatic heterocycles. The summed E-state index contributed by atoms with van der Waals surface area (Å²) in [5, 5.41) is 11.3. The second-order valence-electron chi connectivity index (χ2n) is 6.09. The fourth-order valence-electron chi connectivity index (χ4n) is 2.43. The Balaban J connectivity index is 1.80. The number of rotatable bonds is 9. The Bertz CT molecular complexity index is 816. The van der Waals surface area contributed by atoms with Crippen molar-refractivity contribution in [2.75, 3.05) is 17.2 Å². The van der Waals surface area contributed by atoms with Crippen molar-refractivity contribution in [3.8, 4) is 0 Å². The molecular formula is C19H25N3O3S. The van der Waals surface area contributed by atoms with Crippen LogP contribution in [0.3, 0.4) is 0 Å². The maximum absolute atomic E-state index is 11.7. The Morgan fingerprint density at radius 1 is 1.00 bits per heavy atom. The summed E-state index contributed by atoms with van der Waals surface area (Å²) in [7, 11) is -3.65. The highest BCUT2D eigenvalue weighted by Crippen LogP contribution is 2.15. The van der Waals surface area contributed by atoms with E-state index >= 15 is 0 Å². The molecule has 0 spiro atoms. The van der Waals surface area contributed by atoms with Crippen LogP contribution in [-0.2, 0) is 21.2 Å². The number of nitrogens with one attached hydrogen (secondary N) is 2. The monoisotopic (exact) mass is 375 g/mol. The van der Waals surface area contributed by atoms with Crippen molar-refractivity contribution in [1.29, 1.82) is 0 Å². The average molecular weight is 375 g/mol. The van der Waals surface area contributed by atoms with Crippen molar-refractivity contribution < 1.29 is 13.2 Å². The summed E-state index contributed by atoms with van der Waals surface area (Å²) in [4.78, 5) is 11.8. The van der Waals surface area contributed by atoms with Crippen LogP contribution >= 0.6 is 0 Å². The predicted octanol–water partition coefficient (Wildman–Crippen LogP) is 3.12. The number of sulfonamides is 1. The Kier molecular flexibility index (Phi) is 7.17. The number of benzene rings is 2. The predicted molar refractivity (Wildman–Crippen MR) is 105 cm³/mol. The molecule has 1 amide bonds. The number of carbonyl (C=O) groups excluding carboxylic acids is 1. The smallest absolute Gasteiger partial charge is 0.238 e. The summed E-state index contributed by atoms with van der Waals surface area (Å²) < 4.78 is 22.5. The van der Waals surface area contributed by atoms with Gasteiger partial charge in [0.2, 0.25) is 15.9 Å². The molecule has 0 fully saturated rings. The van der Waals surface area contributed by atoms with Crippen molar-refractivity contribution >= 4 is 27.3 Å². The standard InChI is InChI=1S/C19H25N3O3S/c1-2-3-4-19(23)22-17-9-7-16(8-10-17)21-14-13-15-5-11-18(12-6-15)26(20,24)25/h5-12,21H,2-4,13-14H2,1H3,(H,22,23)(H2,20,24,25). The first-order valence-electron chi connectivity index (χ1n) is 8.64. The van der Waals surface area contributed by atoms with Gasteiger partial charge >= 0.3 is 0 Å². The molecule has 2 rings (SSSR count). The topological polar surface area (TPSA) is 101 Å². The van der Waals surface area contributed by atoms with Crippen LogP contribution in [0.5, 0.6) is 0 Å². The van der Waals surface area contributed by atoms with Gasteiger partial charge in [-0.15, -0.1) is 0 Å². The van der Waals surface area contributed by atoms with Gasteiger partial charge < -0.3 is 10.6 Å². The number of hydrogen-bond acceptors (Lipinski definition) is 4. The SMILES string of the molecule is CCCCC(=O)Nc1ccc(NCCc2ccc(S(N)(=O)=O)cc2)cc1. The molecule has 7 heteroatoms. The van der Waals surface area contributed by atoms with Gasteiger partial charge in [-0.3, -0.25) is 4.79 Å². The number of unbranched alkanes of at least 4 members (excludes halogenated alkanes) is 1. The maximum atomic E-state index is 11.7. The molecule has 4 N–H and O–H groups in total. The summed E-state index contributed by atoms with van der Waals surface area (Å²) in [6.45, 7) is 2.76. The second kappa shape index (κ2) is 9.35. The third kappa shape index (κ3) is 6.50. The molecule has 26 heavy (non-hydrogen) atoms. The van der Waals surface area contributed by atoms with E-state index in [4.69, 9.17) is 5.14 Å². The van der Waals surface area contributed by atoms with E-state index in [1.165, 1.54) is 12.1 Å². The summed E-state index contributed by atoms with van der Waals surface area (Å²) in [5.74, 6) is 0.0375. The third-order valence-corrected chi connectivity index (χ3v) is 4.85. The third-order valence-electron chi connectivity index (χ3n) is 3.92. The van der Waals surface area contributed by atoms with Crippen molar-refractivity contribution in [1.82, 2.24) is 0 Å². The number of primary sulfonamides is 1. The molecule has 6 nitrogen and oxygen atoms in total. The molecule has 2 aromatic carbocycles. The maximum Gasteiger partial charge on any atom is 0.238 e. The van der Waals surface area contributed by atoms with Crippen LogP contribution in [0.25, 0.3) is 0 Å². The molecule has 2 aromatic rings. The molecule has 0 bridgehead atoms. The Morgan fingerprint density at radius 2 is 1.62 bits per heavy atom. The lowest BCUT2D eigenvalue weighted by Gasteiger charge is -2.09. The van der Waals surface area contributed by atoms with Gasteiger partial charge in [0, 0.05) is 24.3 Å². The summed E-state index contributed by atoms with van der Waals surface area (Å²) in [6, 6.07) is 14.1. The van der Waals surface area contributed by atoms with Gasteiger partial charge in [-0.05, 0) is 54.8 Å². The van der Waals surface area contributed by atoms with Crippen molar-refractivity contribution in [3.63, 3.8) is 0 Å². The fraction of sp³-hybridized carbons (Fsp3) is 0.316. The summed E-state index contributed by atoms with van der Waals surface area (Å²) in [5.41, 5.74) is 2.76. The lowest BCUT2D eigenvalue weighted by atomic mass is 10.1. The molecule has 0 heterocycles. The van der Waals surface area contributed by atoms with E-state index < -0.39 is 10.0 Å². The molecule has 0 atom stereocenters. The number of amides is 1. The highest BCUT2D eigenvalue weighted by Gasteiger charge is 2.06. The lowest BCUT2D eigenvalue weighted by Crippen LogP contribution is -2.12. The summed E-state index contributed by atoms with van der Waals surface area (Å²) in [6.07, 6.45) is 3.19. The Morgan fingerprint density at radius 3 is 2.19 bits per heavy atom. The van der Waals surface area contributed by atoms with Gasteiger partial charge in [-0.2, -0.15) is 0 Å². The van der Waals surface area contributed by atoms with E-state index in [9.17, 15) is 13.2 Å². The normalized spacial score (nSPS) is 11.2. The molecule has 0 unspecified atom stereocenters. The fourth-order valence-corrected chi connectivity index (χ4v) is 2.94. The largest absolute Gasteiger partial charge is 0.385 e. The molecule has 140 valence electrons. The van der Waals surface area contributed by atoms with E-state index in [-0.39, 0.29) is 10.8 Å². The molecule has 0 saturated heterocycles. The minimum Gasteiger partial charge on any atom is -0.385 e. The first kappa shape index (κ1) is 19.9. The minimum absolute atomic E-state index is 0.0375. The summed E-state index contributed by atoms with van der Waals surface area (Å²) >= 11 is 0. The Labute approximate surface area is 154 Å². The van der Waals surface area contributed by atoms with E-state index in [1.807, 2.05) is 24.3 Å². The van der Waals surface area contributed by atoms with Crippen LogP contribution in [0.1, 0.15) is 31.7 Å². The van der Waals surface area contributed by atoms with E-state index in [1.54, 1.807) is 12.1 Å². The number of hydrogen-bond donors (Lipinski definition) is 3. The van der Waals surface area contributed by atoms with Crippen LogP contribution in [0.2, 0.25) is 0 Å². The van der Waals surface area contributed by atoms with Gasteiger partial charge in [0.15, 0.2) is 0 Å². The van der Waals surface area contributed by atoms with Gasteiger partial charge in [-0.25, -0.2) is 13.6 Å². The number of carbonyl (C=O) groups is 1. The molecule has 0 aliphatic heterocycles. The second-order valence-corrected chi connectivity index (χ2v) is 7.66. The van der Waals surface area contributed by atoms with E-state index in [2.05, 4.69) is 17.6 Å². The lowest BCUT2D eigenvalue weighted by molar-refractivity contribution is -0.116.